The van der Waals surface area contributed by atoms with Crippen molar-refractivity contribution in [3.63, 3.8) is 0 Å². The minimum absolute atomic E-state index is 0.00640. The SMILES string of the molecule is CC1=C(c2ccccc2)C=NC(c2cc(-c3cc(-c4ccccc4)nc(-c4ccccc4)c3)cc(-c3cc4ccccc4c4ccccc34)c2)C1. The molecule has 1 aliphatic heterocycles. The maximum Gasteiger partial charge on any atom is 0.0786 e. The van der Waals surface area contributed by atoms with Crippen molar-refractivity contribution in [1.29, 1.82) is 0 Å². The van der Waals surface area contributed by atoms with Crippen LogP contribution in [0.1, 0.15) is 30.5 Å². The first-order chi connectivity index (χ1) is 25.2. The second-order valence-corrected chi connectivity index (χ2v) is 13.5. The molecule has 0 amide bonds. The van der Waals surface area contributed by atoms with Crippen molar-refractivity contribution < 1.29 is 0 Å². The highest BCUT2D eigenvalue weighted by molar-refractivity contribution is 6.14. The first-order valence-corrected chi connectivity index (χ1v) is 17.7. The number of fused-ring (bicyclic) bond motifs is 3. The maximum absolute atomic E-state index is 5.22. The monoisotopic (exact) mass is 652 g/mol. The number of pyridine rings is 1. The van der Waals surface area contributed by atoms with Crippen molar-refractivity contribution >= 4 is 33.3 Å². The van der Waals surface area contributed by atoms with Crippen molar-refractivity contribution in [1.82, 2.24) is 4.98 Å². The smallest absolute Gasteiger partial charge is 0.0786 e. The zero-order valence-electron chi connectivity index (χ0n) is 28.5. The molecule has 2 nitrogen and oxygen atoms in total. The lowest BCUT2D eigenvalue weighted by Gasteiger charge is -2.23. The van der Waals surface area contributed by atoms with E-state index in [4.69, 9.17) is 9.98 Å². The highest BCUT2D eigenvalue weighted by Crippen LogP contribution is 2.41. The summed E-state index contributed by atoms with van der Waals surface area (Å²) in [5.41, 5.74) is 13.8. The molecular formula is C49H36N2. The molecule has 0 fully saturated rings. The number of nitrogens with zero attached hydrogens (tertiary/aromatic N) is 2. The third-order valence-corrected chi connectivity index (χ3v) is 10.1. The van der Waals surface area contributed by atoms with Crippen molar-refractivity contribution in [2.75, 3.05) is 0 Å². The molecule has 2 heteroatoms. The van der Waals surface area contributed by atoms with Crippen LogP contribution in [0.2, 0.25) is 0 Å². The lowest BCUT2D eigenvalue weighted by atomic mass is 9.86. The number of rotatable bonds is 6. The van der Waals surface area contributed by atoms with E-state index < -0.39 is 0 Å². The Kier molecular flexibility index (Phi) is 7.91. The molecule has 2 heterocycles. The summed E-state index contributed by atoms with van der Waals surface area (Å²) < 4.78 is 0. The molecule has 7 aromatic carbocycles. The van der Waals surface area contributed by atoms with Gasteiger partial charge in [-0.2, -0.15) is 0 Å². The Bertz CT molecular complexity index is 2540. The molecule has 0 bridgehead atoms. The van der Waals surface area contributed by atoms with Crippen molar-refractivity contribution in [2.24, 2.45) is 4.99 Å². The standard InChI is InChI=1S/C49H36N2/c1-33-25-47(50-32-46(33)34-15-5-2-6-16-34)41-27-38(26-40(28-41)45-29-37-21-11-12-22-42(37)43-23-13-14-24-44(43)45)39-30-48(35-17-7-3-8-18-35)51-49(31-39)36-19-9-4-10-20-36/h2-24,26-32,47H,25H2,1H3. The molecule has 0 N–H and O–H groups in total. The topological polar surface area (TPSA) is 25.2 Å². The van der Waals surface area contributed by atoms with Gasteiger partial charge >= 0.3 is 0 Å². The molecule has 0 saturated heterocycles. The summed E-state index contributed by atoms with van der Waals surface area (Å²) in [6.45, 7) is 2.25. The van der Waals surface area contributed by atoms with Crippen LogP contribution in [0.3, 0.4) is 0 Å². The van der Waals surface area contributed by atoms with Gasteiger partial charge in [-0.05, 0) is 110 Å². The van der Waals surface area contributed by atoms with E-state index in [1.807, 2.05) is 0 Å². The lowest BCUT2D eigenvalue weighted by Crippen LogP contribution is -2.06. The average Bonchev–Trinajstić information content (AvgIpc) is 3.21. The van der Waals surface area contributed by atoms with E-state index in [1.165, 1.54) is 54.9 Å². The quantitative estimate of drug-likeness (QED) is 0.164. The van der Waals surface area contributed by atoms with Gasteiger partial charge in [-0.3, -0.25) is 4.99 Å². The Morgan fingerprint density at radius 2 is 0.980 bits per heavy atom. The molecule has 1 unspecified atom stereocenters. The van der Waals surface area contributed by atoms with Crippen molar-refractivity contribution in [3.05, 3.63) is 193 Å². The van der Waals surface area contributed by atoms with E-state index >= 15 is 0 Å². The second-order valence-electron chi connectivity index (χ2n) is 13.5. The van der Waals surface area contributed by atoms with Gasteiger partial charge in [0, 0.05) is 17.3 Å². The summed E-state index contributed by atoms with van der Waals surface area (Å²) in [5.74, 6) is 0. The van der Waals surface area contributed by atoms with Gasteiger partial charge in [0.25, 0.3) is 0 Å². The van der Waals surface area contributed by atoms with Crippen LogP contribution in [0.25, 0.3) is 71.9 Å². The van der Waals surface area contributed by atoms with Crippen molar-refractivity contribution in [3.8, 4) is 44.8 Å². The molecule has 1 aromatic heterocycles. The predicted octanol–water partition coefficient (Wildman–Crippen LogP) is 13.0. The Labute approximate surface area is 299 Å². The summed E-state index contributed by atoms with van der Waals surface area (Å²) in [6.07, 6.45) is 2.95. The van der Waals surface area contributed by atoms with Gasteiger partial charge in [-0.15, -0.1) is 0 Å². The van der Waals surface area contributed by atoms with Crippen molar-refractivity contribution in [2.45, 2.75) is 19.4 Å². The summed E-state index contributed by atoms with van der Waals surface area (Å²) >= 11 is 0. The number of allylic oxidation sites excluding steroid dienone is 1. The Balaban J connectivity index is 1.26. The van der Waals surface area contributed by atoms with Crippen LogP contribution >= 0.6 is 0 Å². The molecule has 242 valence electrons. The van der Waals surface area contributed by atoms with E-state index in [9.17, 15) is 0 Å². The minimum Gasteiger partial charge on any atom is -0.284 e. The van der Waals surface area contributed by atoms with Crippen LogP contribution in [0.5, 0.6) is 0 Å². The molecule has 0 radical (unpaired) electrons. The molecule has 1 atom stereocenters. The first-order valence-electron chi connectivity index (χ1n) is 17.7. The molecular weight excluding hydrogens is 617 g/mol. The molecule has 8 aromatic rings. The summed E-state index contributed by atoms with van der Waals surface area (Å²) in [4.78, 5) is 10.4. The van der Waals surface area contributed by atoms with E-state index in [1.54, 1.807) is 0 Å². The van der Waals surface area contributed by atoms with Gasteiger partial charge in [0.1, 0.15) is 0 Å². The Hall–Kier alpha value is -6.38. The number of aromatic nitrogens is 1. The summed E-state index contributed by atoms with van der Waals surface area (Å²) in [7, 11) is 0. The fourth-order valence-electron chi connectivity index (χ4n) is 7.54. The highest BCUT2D eigenvalue weighted by Gasteiger charge is 2.21. The van der Waals surface area contributed by atoms with E-state index in [-0.39, 0.29) is 6.04 Å². The number of dihydropyridines is 1. The number of aliphatic imine (C=N–C) groups is 1. The summed E-state index contributed by atoms with van der Waals surface area (Å²) in [6, 6.07) is 63.1. The number of hydrogen-bond donors (Lipinski definition) is 0. The number of benzene rings is 7. The van der Waals surface area contributed by atoms with Gasteiger partial charge in [-0.1, -0.05) is 145 Å². The third-order valence-electron chi connectivity index (χ3n) is 10.1. The lowest BCUT2D eigenvalue weighted by molar-refractivity contribution is 0.717. The van der Waals surface area contributed by atoms with E-state index in [0.29, 0.717) is 0 Å². The minimum atomic E-state index is 0.00640. The third kappa shape index (κ3) is 5.96. The van der Waals surface area contributed by atoms with Crippen LogP contribution < -0.4 is 0 Å². The van der Waals surface area contributed by atoms with Crippen LogP contribution in [-0.2, 0) is 0 Å². The van der Waals surface area contributed by atoms with Crippen LogP contribution in [-0.4, -0.2) is 11.2 Å². The van der Waals surface area contributed by atoms with Gasteiger partial charge in [0.05, 0.1) is 17.4 Å². The fraction of sp³-hybridized carbons (Fsp3) is 0.0612. The molecule has 0 saturated carbocycles. The first kappa shape index (κ1) is 30.7. The predicted molar refractivity (Wildman–Crippen MR) is 216 cm³/mol. The molecule has 9 rings (SSSR count). The fourth-order valence-corrected chi connectivity index (χ4v) is 7.54. The van der Waals surface area contributed by atoms with Crippen LogP contribution in [0.15, 0.2) is 186 Å². The van der Waals surface area contributed by atoms with E-state index in [0.717, 1.165) is 40.1 Å². The largest absolute Gasteiger partial charge is 0.284 e. The van der Waals surface area contributed by atoms with Crippen LogP contribution in [0.4, 0.5) is 0 Å². The maximum atomic E-state index is 5.22. The van der Waals surface area contributed by atoms with E-state index in [2.05, 4.69) is 189 Å². The van der Waals surface area contributed by atoms with Gasteiger partial charge in [0.15, 0.2) is 0 Å². The normalized spacial score (nSPS) is 14.3. The van der Waals surface area contributed by atoms with Gasteiger partial charge in [-0.25, -0.2) is 4.98 Å². The average molecular weight is 653 g/mol. The Morgan fingerprint density at radius 1 is 0.451 bits per heavy atom. The van der Waals surface area contributed by atoms with Gasteiger partial charge < -0.3 is 0 Å². The van der Waals surface area contributed by atoms with Gasteiger partial charge in [0.2, 0.25) is 0 Å². The van der Waals surface area contributed by atoms with Crippen LogP contribution in [0, 0.1) is 0 Å². The molecule has 1 aliphatic rings. The molecule has 51 heavy (non-hydrogen) atoms. The Morgan fingerprint density at radius 3 is 1.63 bits per heavy atom. The molecule has 0 spiro atoms. The number of hydrogen-bond acceptors (Lipinski definition) is 2. The zero-order valence-corrected chi connectivity index (χ0v) is 28.5. The highest BCUT2D eigenvalue weighted by atomic mass is 14.8. The molecule has 0 aliphatic carbocycles. The summed E-state index contributed by atoms with van der Waals surface area (Å²) in [5, 5.41) is 5.02. The zero-order chi connectivity index (χ0) is 34.1. The second kappa shape index (κ2) is 13.2.